The van der Waals surface area contributed by atoms with E-state index < -0.39 is 6.10 Å². The number of benzene rings is 2. The van der Waals surface area contributed by atoms with Gasteiger partial charge in [-0.05, 0) is 36.6 Å². The molecule has 1 atom stereocenters. The van der Waals surface area contributed by atoms with Crippen molar-refractivity contribution in [1.82, 2.24) is 4.98 Å². The topological polar surface area (TPSA) is 33.1 Å². The smallest absolute Gasteiger partial charge is 0.0971 e. The number of thioether (sulfide) groups is 1. The molecule has 3 heteroatoms. The summed E-state index contributed by atoms with van der Waals surface area (Å²) >= 11 is 1.60. The molecule has 22 heavy (non-hydrogen) atoms. The van der Waals surface area contributed by atoms with Gasteiger partial charge in [0.1, 0.15) is 0 Å². The van der Waals surface area contributed by atoms with E-state index in [9.17, 15) is 5.11 Å². The number of nitrogens with zero attached hydrogens (tertiary/aromatic N) is 1. The van der Waals surface area contributed by atoms with Gasteiger partial charge in [-0.2, -0.15) is 0 Å². The highest BCUT2D eigenvalue weighted by Crippen LogP contribution is 2.28. The van der Waals surface area contributed by atoms with Crippen molar-refractivity contribution < 1.29 is 5.11 Å². The zero-order valence-electron chi connectivity index (χ0n) is 12.8. The minimum Gasteiger partial charge on any atom is -0.388 e. The van der Waals surface area contributed by atoms with E-state index in [-0.39, 0.29) is 0 Å². The highest BCUT2D eigenvalue weighted by Gasteiger charge is 2.10. The fourth-order valence-corrected chi connectivity index (χ4v) is 3.48. The molecule has 0 radical (unpaired) electrons. The highest BCUT2D eigenvalue weighted by molar-refractivity contribution is 7.99. The Balaban J connectivity index is 1.81. The number of hydrogen-bond acceptors (Lipinski definition) is 3. The molecule has 0 saturated carbocycles. The van der Waals surface area contributed by atoms with Gasteiger partial charge in [-0.15, -0.1) is 11.8 Å². The van der Waals surface area contributed by atoms with E-state index in [2.05, 4.69) is 38.1 Å². The molecule has 0 amide bonds. The fraction of sp³-hybridized carbons (Fsp3) is 0.211. The van der Waals surface area contributed by atoms with Gasteiger partial charge in [0.15, 0.2) is 0 Å². The Morgan fingerprint density at radius 1 is 1.00 bits per heavy atom. The maximum atomic E-state index is 10.3. The molecule has 0 unspecified atom stereocenters. The van der Waals surface area contributed by atoms with Crippen LogP contribution in [0.1, 0.15) is 22.8 Å². The van der Waals surface area contributed by atoms with Crippen molar-refractivity contribution in [2.24, 2.45) is 0 Å². The van der Waals surface area contributed by atoms with Crippen LogP contribution in [0.2, 0.25) is 0 Å². The number of aromatic nitrogens is 1. The second kappa shape index (κ2) is 6.51. The first-order valence-corrected chi connectivity index (χ1v) is 8.36. The first-order valence-electron chi connectivity index (χ1n) is 7.38. The van der Waals surface area contributed by atoms with E-state index in [4.69, 9.17) is 4.98 Å². The summed E-state index contributed by atoms with van der Waals surface area (Å²) in [6, 6.07) is 18.1. The second-order valence-corrected chi connectivity index (χ2v) is 6.53. The van der Waals surface area contributed by atoms with Crippen molar-refractivity contribution >= 4 is 22.7 Å². The molecule has 112 valence electrons. The zero-order valence-corrected chi connectivity index (χ0v) is 13.6. The highest BCUT2D eigenvalue weighted by atomic mass is 32.2. The molecule has 0 aliphatic heterocycles. The molecular weight excluding hydrogens is 290 g/mol. The number of rotatable bonds is 4. The lowest BCUT2D eigenvalue weighted by atomic mass is 10.1. The predicted molar refractivity (Wildman–Crippen MR) is 93.3 cm³/mol. The van der Waals surface area contributed by atoms with Gasteiger partial charge in [-0.25, -0.2) is 4.98 Å². The monoisotopic (exact) mass is 309 g/mol. The Bertz CT molecular complexity index is 786. The molecule has 2 nitrogen and oxygen atoms in total. The molecule has 3 aromatic rings. The average Bonchev–Trinajstić information content (AvgIpc) is 2.54. The van der Waals surface area contributed by atoms with Crippen molar-refractivity contribution in [2.45, 2.75) is 25.0 Å². The average molecular weight is 309 g/mol. The first-order chi connectivity index (χ1) is 10.6. The molecule has 2 aromatic carbocycles. The lowest BCUT2D eigenvalue weighted by Gasteiger charge is -2.12. The minimum atomic E-state index is -0.471. The molecule has 1 aromatic heterocycles. The minimum absolute atomic E-state index is 0.471. The molecular formula is C19H19NOS. The lowest BCUT2D eigenvalue weighted by molar-refractivity contribution is 0.204. The summed E-state index contributed by atoms with van der Waals surface area (Å²) in [6.45, 7) is 4.20. The van der Waals surface area contributed by atoms with Crippen molar-refractivity contribution in [2.75, 3.05) is 5.75 Å². The molecule has 0 aliphatic rings. The fourth-order valence-electron chi connectivity index (χ4n) is 2.54. The van der Waals surface area contributed by atoms with Gasteiger partial charge in [0.2, 0.25) is 0 Å². The summed E-state index contributed by atoms with van der Waals surface area (Å²) < 4.78 is 0. The van der Waals surface area contributed by atoms with Gasteiger partial charge in [0.05, 0.1) is 16.6 Å². The van der Waals surface area contributed by atoms with Crippen LogP contribution in [0.4, 0.5) is 0 Å². The third-order valence-electron chi connectivity index (χ3n) is 3.80. The number of pyridine rings is 1. The summed E-state index contributed by atoms with van der Waals surface area (Å²) in [5.41, 5.74) is 4.42. The summed E-state index contributed by atoms with van der Waals surface area (Å²) in [6.07, 6.45) is -0.471. The van der Waals surface area contributed by atoms with Gasteiger partial charge in [-0.1, -0.05) is 48.5 Å². The van der Waals surface area contributed by atoms with Crippen LogP contribution in [0, 0.1) is 13.8 Å². The molecule has 3 rings (SSSR count). The quantitative estimate of drug-likeness (QED) is 0.711. The Hall–Kier alpha value is -1.84. The van der Waals surface area contributed by atoms with Gasteiger partial charge in [0.25, 0.3) is 0 Å². The maximum Gasteiger partial charge on any atom is 0.0971 e. The standard InChI is InChI=1S/C19H19NOS/c1-13-7-6-10-16-14(2)11-18(20-19(13)16)22-12-17(21)15-8-4-3-5-9-15/h3-11,17,21H,12H2,1-2H3/t17-/m1/s1. The Morgan fingerprint density at radius 2 is 1.77 bits per heavy atom. The normalized spacial score (nSPS) is 12.5. The van der Waals surface area contributed by atoms with Crippen LogP contribution in [0.15, 0.2) is 59.6 Å². The molecule has 0 saturated heterocycles. The van der Waals surface area contributed by atoms with E-state index in [1.54, 1.807) is 11.8 Å². The summed E-state index contributed by atoms with van der Waals surface area (Å²) in [7, 11) is 0. The van der Waals surface area contributed by atoms with Crippen LogP contribution in [0.3, 0.4) is 0 Å². The van der Waals surface area contributed by atoms with Crippen molar-refractivity contribution in [3.05, 3.63) is 71.3 Å². The Morgan fingerprint density at radius 3 is 2.55 bits per heavy atom. The summed E-state index contributed by atoms with van der Waals surface area (Å²) in [5, 5.41) is 12.4. The lowest BCUT2D eigenvalue weighted by Crippen LogP contribution is -2.00. The van der Waals surface area contributed by atoms with E-state index in [0.717, 1.165) is 16.1 Å². The third-order valence-corrected chi connectivity index (χ3v) is 4.79. The molecule has 0 bridgehead atoms. The van der Waals surface area contributed by atoms with Gasteiger partial charge in [-0.3, -0.25) is 0 Å². The SMILES string of the molecule is Cc1cc(SC[C@@H](O)c2ccccc2)nc2c(C)cccc12. The molecule has 0 fully saturated rings. The number of aliphatic hydroxyl groups excluding tert-OH is 1. The first kappa shape index (κ1) is 15.1. The van der Waals surface area contributed by atoms with Crippen molar-refractivity contribution in [3.8, 4) is 0 Å². The van der Waals surface area contributed by atoms with Crippen molar-refractivity contribution in [3.63, 3.8) is 0 Å². The van der Waals surface area contributed by atoms with Gasteiger partial charge in [0, 0.05) is 11.1 Å². The van der Waals surface area contributed by atoms with E-state index in [0.29, 0.717) is 5.75 Å². The Labute approximate surface area is 135 Å². The maximum absolute atomic E-state index is 10.3. The van der Waals surface area contributed by atoms with Crippen LogP contribution < -0.4 is 0 Å². The second-order valence-electron chi connectivity index (χ2n) is 5.49. The largest absolute Gasteiger partial charge is 0.388 e. The van der Waals surface area contributed by atoms with Crippen LogP contribution in [-0.4, -0.2) is 15.8 Å². The molecule has 0 spiro atoms. The number of aliphatic hydroxyl groups is 1. The van der Waals surface area contributed by atoms with Gasteiger partial charge < -0.3 is 5.11 Å². The van der Waals surface area contributed by atoms with Crippen LogP contribution >= 0.6 is 11.8 Å². The van der Waals surface area contributed by atoms with E-state index >= 15 is 0 Å². The predicted octanol–water partition coefficient (Wildman–Crippen LogP) is 4.68. The molecule has 1 N–H and O–H groups in total. The number of fused-ring (bicyclic) bond motifs is 1. The number of aryl methyl sites for hydroxylation is 2. The summed E-state index contributed by atoms with van der Waals surface area (Å²) in [4.78, 5) is 4.75. The molecule has 0 aliphatic carbocycles. The van der Waals surface area contributed by atoms with Crippen LogP contribution in [0.25, 0.3) is 10.9 Å². The Kier molecular flexibility index (Phi) is 4.46. The van der Waals surface area contributed by atoms with Crippen LogP contribution in [-0.2, 0) is 0 Å². The zero-order chi connectivity index (χ0) is 15.5. The molecule has 1 heterocycles. The van der Waals surface area contributed by atoms with E-state index in [1.165, 1.54) is 16.5 Å². The van der Waals surface area contributed by atoms with E-state index in [1.807, 2.05) is 30.3 Å². The third kappa shape index (κ3) is 3.16. The van der Waals surface area contributed by atoms with Gasteiger partial charge >= 0.3 is 0 Å². The van der Waals surface area contributed by atoms with Crippen molar-refractivity contribution in [1.29, 1.82) is 0 Å². The number of para-hydroxylation sites is 1. The summed E-state index contributed by atoms with van der Waals surface area (Å²) in [5.74, 6) is 0.605. The number of hydrogen-bond donors (Lipinski definition) is 1. The van der Waals surface area contributed by atoms with Crippen LogP contribution in [0.5, 0.6) is 0 Å².